The number of halogens is 1. The van der Waals surface area contributed by atoms with Crippen molar-refractivity contribution in [3.63, 3.8) is 0 Å². The molecule has 2 aromatic rings. The average Bonchev–Trinajstić information content (AvgIpc) is 3.08. The largest absolute Gasteiger partial charge is 0.349 e. The molecule has 0 spiro atoms. The van der Waals surface area contributed by atoms with Crippen LogP contribution in [0.4, 0.5) is 15.8 Å². The van der Waals surface area contributed by atoms with Crippen LogP contribution in [-0.4, -0.2) is 53.7 Å². The molecule has 0 aliphatic carbocycles. The number of benzene rings is 2. The van der Waals surface area contributed by atoms with E-state index >= 15 is 0 Å². The maximum atomic E-state index is 13.1. The second-order valence-corrected chi connectivity index (χ2v) is 8.31. The molecule has 33 heavy (non-hydrogen) atoms. The van der Waals surface area contributed by atoms with E-state index in [1.54, 1.807) is 24.3 Å². The Morgan fingerprint density at radius 3 is 2.39 bits per heavy atom. The molecule has 9 heteroatoms. The summed E-state index contributed by atoms with van der Waals surface area (Å²) in [7, 11) is 0. The number of imide groups is 1. The molecule has 4 amide bonds. The lowest BCUT2D eigenvalue weighted by Crippen LogP contribution is -2.50. The molecule has 1 atom stereocenters. The second kappa shape index (κ2) is 9.50. The van der Waals surface area contributed by atoms with Crippen molar-refractivity contribution >= 4 is 35.0 Å². The molecule has 2 fully saturated rings. The van der Waals surface area contributed by atoms with Crippen LogP contribution in [0.2, 0.25) is 0 Å². The third kappa shape index (κ3) is 5.09. The first-order valence-corrected chi connectivity index (χ1v) is 10.9. The van der Waals surface area contributed by atoms with Gasteiger partial charge in [0.15, 0.2) is 0 Å². The summed E-state index contributed by atoms with van der Waals surface area (Å²) in [5.41, 5.74) is 1.34. The summed E-state index contributed by atoms with van der Waals surface area (Å²) < 4.78 is 13.1. The summed E-state index contributed by atoms with van der Waals surface area (Å²) in [6.45, 7) is 2.52. The Balaban J connectivity index is 1.36. The van der Waals surface area contributed by atoms with Gasteiger partial charge in [-0.15, -0.1) is 0 Å². The van der Waals surface area contributed by atoms with Crippen LogP contribution in [0.3, 0.4) is 0 Å². The van der Waals surface area contributed by atoms with E-state index in [9.17, 15) is 23.6 Å². The minimum atomic E-state index is -0.546. The molecule has 0 saturated carbocycles. The highest BCUT2D eigenvalue weighted by Crippen LogP contribution is 2.29. The van der Waals surface area contributed by atoms with E-state index < -0.39 is 11.9 Å². The molecule has 2 aliphatic rings. The fourth-order valence-corrected chi connectivity index (χ4v) is 4.32. The van der Waals surface area contributed by atoms with Gasteiger partial charge in [0.1, 0.15) is 5.82 Å². The Bertz CT molecular complexity index is 1080. The number of rotatable bonds is 5. The van der Waals surface area contributed by atoms with Gasteiger partial charge in [-0.1, -0.05) is 6.07 Å². The maximum absolute atomic E-state index is 13.1. The Morgan fingerprint density at radius 2 is 1.73 bits per heavy atom. The minimum Gasteiger partial charge on any atom is -0.349 e. The van der Waals surface area contributed by atoms with Crippen molar-refractivity contribution in [2.45, 2.75) is 38.3 Å². The van der Waals surface area contributed by atoms with Crippen molar-refractivity contribution in [3.8, 4) is 0 Å². The van der Waals surface area contributed by atoms with E-state index in [2.05, 4.69) is 10.6 Å². The van der Waals surface area contributed by atoms with E-state index in [0.717, 1.165) is 0 Å². The van der Waals surface area contributed by atoms with Gasteiger partial charge in [0.25, 0.3) is 11.8 Å². The van der Waals surface area contributed by atoms with E-state index in [0.29, 0.717) is 42.9 Å². The molecule has 0 aromatic heterocycles. The number of anilines is 2. The van der Waals surface area contributed by atoms with E-state index in [1.807, 2.05) is 4.90 Å². The number of nitrogens with zero attached hydrogens (tertiary/aromatic N) is 2. The number of hydrogen-bond acceptors (Lipinski definition) is 5. The van der Waals surface area contributed by atoms with Crippen LogP contribution >= 0.6 is 0 Å². The molecule has 0 unspecified atom stereocenters. The highest BCUT2D eigenvalue weighted by atomic mass is 19.1. The zero-order valence-corrected chi connectivity index (χ0v) is 18.2. The topological polar surface area (TPSA) is 98.8 Å². The lowest BCUT2D eigenvalue weighted by atomic mass is 10.0. The smallest absolute Gasteiger partial charge is 0.251 e. The van der Waals surface area contributed by atoms with Crippen molar-refractivity contribution in [1.82, 2.24) is 10.2 Å². The number of nitrogens with one attached hydrogen (secondary N) is 2. The third-order valence-corrected chi connectivity index (χ3v) is 5.96. The predicted molar refractivity (Wildman–Crippen MR) is 120 cm³/mol. The highest BCUT2D eigenvalue weighted by Gasteiger charge is 2.43. The number of piperidine rings is 1. The zero-order valence-electron chi connectivity index (χ0n) is 18.2. The van der Waals surface area contributed by atoms with Crippen LogP contribution in [0.15, 0.2) is 48.5 Å². The SMILES string of the molecule is CC(=O)Nc1cccc(N2C(=O)C[C@@H](N3CCC(NC(=O)c4ccc(F)cc4)CC3)C2=O)c1. The molecule has 0 bridgehead atoms. The van der Waals surface area contributed by atoms with Crippen LogP contribution in [0.1, 0.15) is 36.5 Å². The first-order valence-electron chi connectivity index (χ1n) is 10.9. The first-order chi connectivity index (χ1) is 15.8. The van der Waals surface area contributed by atoms with Gasteiger partial charge in [0, 0.05) is 37.3 Å². The van der Waals surface area contributed by atoms with Gasteiger partial charge in [-0.25, -0.2) is 9.29 Å². The number of likely N-dealkylation sites (tertiary alicyclic amines) is 1. The Labute approximate surface area is 190 Å². The van der Waals surface area contributed by atoms with E-state index in [-0.39, 0.29) is 36.1 Å². The fraction of sp³-hybridized carbons (Fsp3) is 0.333. The normalized spacial score (nSPS) is 19.6. The molecular formula is C24H25FN4O4. The average molecular weight is 452 g/mol. The summed E-state index contributed by atoms with van der Waals surface area (Å²) >= 11 is 0. The molecule has 0 radical (unpaired) electrons. The molecular weight excluding hydrogens is 427 g/mol. The third-order valence-electron chi connectivity index (χ3n) is 5.96. The van der Waals surface area contributed by atoms with Crippen molar-refractivity contribution in [1.29, 1.82) is 0 Å². The zero-order chi connectivity index (χ0) is 23.5. The van der Waals surface area contributed by atoms with Gasteiger partial charge in [-0.3, -0.25) is 24.1 Å². The van der Waals surface area contributed by atoms with Crippen molar-refractivity contribution in [2.75, 3.05) is 23.3 Å². The summed E-state index contributed by atoms with van der Waals surface area (Å²) in [5, 5.41) is 5.61. The minimum absolute atomic E-state index is 0.0588. The Kier molecular flexibility index (Phi) is 6.50. The lowest BCUT2D eigenvalue weighted by Gasteiger charge is -2.35. The van der Waals surface area contributed by atoms with Crippen LogP contribution in [0.5, 0.6) is 0 Å². The van der Waals surface area contributed by atoms with Gasteiger partial charge in [0.05, 0.1) is 18.2 Å². The van der Waals surface area contributed by atoms with Crippen LogP contribution in [-0.2, 0) is 14.4 Å². The Hall–Kier alpha value is -3.59. The summed E-state index contributed by atoms with van der Waals surface area (Å²) in [6.07, 6.45) is 1.38. The monoisotopic (exact) mass is 452 g/mol. The Morgan fingerprint density at radius 1 is 1.03 bits per heavy atom. The molecule has 4 rings (SSSR count). The van der Waals surface area contributed by atoms with Crippen molar-refractivity contribution in [3.05, 3.63) is 59.9 Å². The summed E-state index contributed by atoms with van der Waals surface area (Å²) in [4.78, 5) is 52.6. The number of hydrogen-bond donors (Lipinski definition) is 2. The molecule has 172 valence electrons. The van der Waals surface area contributed by atoms with Gasteiger partial charge in [-0.2, -0.15) is 0 Å². The van der Waals surface area contributed by atoms with Crippen LogP contribution in [0.25, 0.3) is 0 Å². The summed E-state index contributed by atoms with van der Waals surface area (Å²) in [5.74, 6) is -1.46. The van der Waals surface area contributed by atoms with Gasteiger partial charge < -0.3 is 10.6 Å². The molecule has 2 N–H and O–H groups in total. The standard InChI is InChI=1S/C24H25FN4O4/c1-15(30)26-19-3-2-4-20(13-19)29-22(31)14-21(24(29)33)28-11-9-18(10-12-28)27-23(32)16-5-7-17(25)8-6-16/h2-8,13,18,21H,9-12,14H2,1H3,(H,26,30)(H,27,32)/t21-/m1/s1. The first kappa shape index (κ1) is 22.6. The quantitative estimate of drug-likeness (QED) is 0.679. The van der Waals surface area contributed by atoms with E-state index in [1.165, 1.54) is 36.1 Å². The number of carbonyl (C=O) groups excluding carboxylic acids is 4. The molecule has 2 aliphatic heterocycles. The highest BCUT2D eigenvalue weighted by molar-refractivity contribution is 6.22. The van der Waals surface area contributed by atoms with Crippen LogP contribution < -0.4 is 15.5 Å². The molecule has 8 nitrogen and oxygen atoms in total. The lowest BCUT2D eigenvalue weighted by molar-refractivity contribution is -0.123. The molecule has 2 saturated heterocycles. The van der Waals surface area contributed by atoms with Gasteiger partial charge in [-0.05, 0) is 55.3 Å². The predicted octanol–water partition coefficient (Wildman–Crippen LogP) is 2.31. The molecule has 2 heterocycles. The van der Waals surface area contributed by atoms with Gasteiger partial charge in [0.2, 0.25) is 11.8 Å². The number of amides is 4. The fourth-order valence-electron chi connectivity index (χ4n) is 4.32. The molecule has 2 aromatic carbocycles. The summed E-state index contributed by atoms with van der Waals surface area (Å²) in [6, 6.07) is 11.4. The maximum Gasteiger partial charge on any atom is 0.251 e. The van der Waals surface area contributed by atoms with E-state index in [4.69, 9.17) is 0 Å². The van der Waals surface area contributed by atoms with Crippen molar-refractivity contribution < 1.29 is 23.6 Å². The van der Waals surface area contributed by atoms with Gasteiger partial charge >= 0.3 is 0 Å². The second-order valence-electron chi connectivity index (χ2n) is 8.31. The number of carbonyl (C=O) groups is 4. The van der Waals surface area contributed by atoms with Crippen LogP contribution in [0, 0.1) is 5.82 Å². The van der Waals surface area contributed by atoms with Crippen molar-refractivity contribution in [2.24, 2.45) is 0 Å².